The van der Waals surface area contributed by atoms with Crippen molar-refractivity contribution in [3.8, 4) is 5.75 Å². The van der Waals surface area contributed by atoms with Crippen LogP contribution in [0.25, 0.3) is 0 Å². The normalized spacial score (nSPS) is 25.7. The number of benzene rings is 1. The molecule has 2 saturated heterocycles. The molecule has 2 unspecified atom stereocenters. The molecule has 5 rings (SSSR count). The second-order valence-electron chi connectivity index (χ2n) is 10.6. The molecule has 39 heavy (non-hydrogen) atoms. The molecule has 1 aromatic carbocycles. The lowest BCUT2D eigenvalue weighted by Crippen LogP contribution is -2.39. The van der Waals surface area contributed by atoms with Crippen molar-refractivity contribution in [1.82, 2.24) is 10.2 Å². The Hall–Kier alpha value is -2.45. The van der Waals surface area contributed by atoms with Crippen molar-refractivity contribution < 1.29 is 44.3 Å². The van der Waals surface area contributed by atoms with Crippen LogP contribution in [0.1, 0.15) is 35.2 Å². The molecule has 1 aliphatic carbocycles. The highest BCUT2D eigenvalue weighted by Gasteiger charge is 2.55. The number of aliphatic carboxylic acids is 2. The number of anilines is 1. The first-order valence-electron chi connectivity index (χ1n) is 13.2. The summed E-state index contributed by atoms with van der Waals surface area (Å²) in [6.07, 6.45) is -0.333. The van der Waals surface area contributed by atoms with Gasteiger partial charge in [-0.15, -0.1) is 0 Å². The van der Waals surface area contributed by atoms with Gasteiger partial charge >= 0.3 is 11.9 Å². The summed E-state index contributed by atoms with van der Waals surface area (Å²) in [7, 11) is 0. The lowest BCUT2D eigenvalue weighted by Gasteiger charge is -2.28. The number of nitrogens with two attached hydrogens (primary N) is 1. The first-order valence-corrected chi connectivity index (χ1v) is 14.0. The minimum atomic E-state index is -2.27. The number of carboxylic acids is 2. The summed E-state index contributed by atoms with van der Waals surface area (Å²) in [6, 6.07) is 1.80. The number of nitrogens with zero attached hydrogens (tertiary/aromatic N) is 1. The summed E-state index contributed by atoms with van der Waals surface area (Å²) in [4.78, 5) is 35.1. The molecule has 0 bridgehead atoms. The van der Waals surface area contributed by atoms with Crippen molar-refractivity contribution in [2.24, 2.45) is 23.7 Å². The molecule has 3 fully saturated rings. The number of piperidine rings is 1. The van der Waals surface area contributed by atoms with E-state index in [1.54, 1.807) is 6.07 Å². The molecule has 0 radical (unpaired) electrons. The number of carbonyl (C=O) groups is 3. The molecule has 0 aromatic heterocycles. The van der Waals surface area contributed by atoms with Gasteiger partial charge in [-0.25, -0.2) is 9.59 Å². The first-order chi connectivity index (χ1) is 18.6. The smallest absolute Gasteiger partial charge is 0.335 e. The number of hydrogen-bond donors (Lipinski definition) is 6. The second-order valence-corrected chi connectivity index (χ2v) is 11.5. The third-order valence-electron chi connectivity index (χ3n) is 8.04. The molecule has 1 amide bonds. The summed E-state index contributed by atoms with van der Waals surface area (Å²) in [5.41, 5.74) is 8.43. The minimum Gasteiger partial charge on any atom is -0.492 e. The number of hydrogen-bond acceptors (Lipinski definition) is 9. The lowest BCUT2D eigenvalue weighted by molar-refractivity contribution is -0.165. The summed E-state index contributed by atoms with van der Waals surface area (Å²) < 4.78 is 12.1. The largest absolute Gasteiger partial charge is 0.492 e. The van der Waals surface area contributed by atoms with Gasteiger partial charge in [-0.1, -0.05) is 0 Å². The number of carbonyl (C=O) groups excluding carboxylic acids is 1. The standard InChI is InChI=1S/C22H30BrN3O3.C4H6O6/c23-19-8-15(21-14(20(19)24)2-1-5-29-21)22(27)25-9-16-17-11-26(12-18(16)17)10-13-3-6-28-7-4-13;5-1(3(7)8)2(6)4(9)10/h8,13,16-18H,1-7,9-12,24H2,(H,25,27);1-2,5-6H,(H,7,8)(H,9,10)/t;1-,2-/m.1/s1. The zero-order chi connectivity index (χ0) is 28.3. The fraction of sp³-hybridized carbons (Fsp3) is 0.654. The summed E-state index contributed by atoms with van der Waals surface area (Å²) in [5, 5.41) is 35.7. The Kier molecular flexibility index (Phi) is 9.70. The van der Waals surface area contributed by atoms with Crippen molar-refractivity contribution in [3.63, 3.8) is 0 Å². The Morgan fingerprint density at radius 1 is 1.08 bits per heavy atom. The van der Waals surface area contributed by atoms with Crippen molar-refractivity contribution in [1.29, 1.82) is 0 Å². The number of carboxylic acid groups (broad SMARTS) is 2. The van der Waals surface area contributed by atoms with Gasteiger partial charge in [-0.3, -0.25) is 4.79 Å². The van der Waals surface area contributed by atoms with Gasteiger partial charge in [0.15, 0.2) is 12.2 Å². The molecule has 1 saturated carbocycles. The molecule has 4 aliphatic rings. The van der Waals surface area contributed by atoms with E-state index < -0.39 is 24.1 Å². The van der Waals surface area contributed by atoms with Gasteiger partial charge < -0.3 is 45.9 Å². The van der Waals surface area contributed by atoms with Gasteiger partial charge in [-0.05, 0) is 71.4 Å². The van der Waals surface area contributed by atoms with E-state index in [0.717, 1.165) is 60.4 Å². The number of fused-ring (bicyclic) bond motifs is 2. The van der Waals surface area contributed by atoms with E-state index >= 15 is 0 Å². The molecule has 3 aliphatic heterocycles. The van der Waals surface area contributed by atoms with E-state index in [1.165, 1.54) is 32.5 Å². The van der Waals surface area contributed by atoms with Gasteiger partial charge in [0.1, 0.15) is 5.75 Å². The molecule has 13 heteroatoms. The first kappa shape index (κ1) is 29.5. The summed E-state index contributed by atoms with van der Waals surface area (Å²) >= 11 is 3.50. The maximum absolute atomic E-state index is 12.9. The lowest BCUT2D eigenvalue weighted by atomic mass is 9.99. The number of nitrogens with one attached hydrogen (secondary N) is 1. The third-order valence-corrected chi connectivity index (χ3v) is 8.70. The van der Waals surface area contributed by atoms with Gasteiger partial charge in [0, 0.05) is 49.4 Å². The zero-order valence-electron chi connectivity index (χ0n) is 21.6. The molecular formula is C26H36BrN3O9. The van der Waals surface area contributed by atoms with Crippen LogP contribution in [0, 0.1) is 23.7 Å². The molecule has 12 nitrogen and oxygen atoms in total. The SMILES string of the molecule is Nc1c(Br)cc(C(=O)NCC2C3CN(CC4CCOCC4)CC23)c2c1CCCO2.O=C(O)[C@H](O)[C@@H](O)C(=O)O. The van der Waals surface area contributed by atoms with E-state index in [-0.39, 0.29) is 5.91 Å². The number of likely N-dealkylation sites (tertiary alicyclic amines) is 1. The van der Waals surface area contributed by atoms with Gasteiger partial charge in [-0.2, -0.15) is 0 Å². The number of ether oxygens (including phenoxy) is 2. The topological polar surface area (TPSA) is 192 Å². The van der Waals surface area contributed by atoms with E-state index in [0.29, 0.717) is 29.5 Å². The quantitative estimate of drug-likeness (QED) is 0.224. The van der Waals surface area contributed by atoms with E-state index in [1.807, 2.05) is 0 Å². The van der Waals surface area contributed by atoms with Crippen molar-refractivity contribution in [2.45, 2.75) is 37.9 Å². The van der Waals surface area contributed by atoms with E-state index in [9.17, 15) is 14.4 Å². The highest BCUT2D eigenvalue weighted by molar-refractivity contribution is 9.10. The van der Waals surface area contributed by atoms with Gasteiger partial charge in [0.25, 0.3) is 5.91 Å². The maximum Gasteiger partial charge on any atom is 0.335 e. The maximum atomic E-state index is 12.9. The van der Waals surface area contributed by atoms with Crippen LogP contribution in [0.2, 0.25) is 0 Å². The van der Waals surface area contributed by atoms with Crippen LogP contribution in [-0.2, 0) is 20.7 Å². The fourth-order valence-electron chi connectivity index (χ4n) is 5.76. The number of halogens is 1. The Morgan fingerprint density at radius 2 is 1.69 bits per heavy atom. The predicted molar refractivity (Wildman–Crippen MR) is 142 cm³/mol. The fourth-order valence-corrected chi connectivity index (χ4v) is 6.23. The Balaban J connectivity index is 0.000000303. The van der Waals surface area contributed by atoms with Crippen molar-refractivity contribution in [2.75, 3.05) is 51.7 Å². The molecular weight excluding hydrogens is 578 g/mol. The van der Waals surface area contributed by atoms with E-state index in [2.05, 4.69) is 26.1 Å². The predicted octanol–water partition coefficient (Wildman–Crippen LogP) is 0.568. The summed E-state index contributed by atoms with van der Waals surface area (Å²) in [5.74, 6) is 0.0103. The molecule has 216 valence electrons. The molecule has 0 spiro atoms. The van der Waals surface area contributed by atoms with Crippen LogP contribution in [0.15, 0.2) is 10.5 Å². The van der Waals surface area contributed by atoms with Crippen LogP contribution in [-0.4, -0.2) is 101 Å². The molecule has 4 atom stereocenters. The number of rotatable bonds is 8. The van der Waals surface area contributed by atoms with Crippen LogP contribution in [0.4, 0.5) is 5.69 Å². The number of nitrogen functional groups attached to an aromatic ring is 1. The Labute approximate surface area is 234 Å². The number of aliphatic hydroxyl groups excluding tert-OH is 2. The zero-order valence-corrected chi connectivity index (χ0v) is 23.1. The Bertz CT molecular complexity index is 1050. The van der Waals surface area contributed by atoms with Crippen molar-refractivity contribution in [3.05, 3.63) is 21.7 Å². The monoisotopic (exact) mass is 613 g/mol. The number of amides is 1. The molecule has 3 heterocycles. The third kappa shape index (κ3) is 7.01. The summed E-state index contributed by atoms with van der Waals surface area (Å²) in [6.45, 7) is 6.85. The molecule has 1 aromatic rings. The minimum absolute atomic E-state index is 0.0483. The number of aliphatic hydroxyl groups is 2. The average Bonchev–Trinajstić information content (AvgIpc) is 3.39. The van der Waals surface area contributed by atoms with Gasteiger partial charge in [0.05, 0.1) is 17.9 Å². The molecule has 7 N–H and O–H groups in total. The average molecular weight is 614 g/mol. The van der Waals surface area contributed by atoms with Crippen LogP contribution in [0.3, 0.4) is 0 Å². The van der Waals surface area contributed by atoms with Crippen molar-refractivity contribution >= 4 is 39.5 Å². The van der Waals surface area contributed by atoms with Crippen LogP contribution < -0.4 is 15.8 Å². The van der Waals surface area contributed by atoms with E-state index in [4.69, 9.17) is 35.6 Å². The second kappa shape index (κ2) is 12.8. The highest BCUT2D eigenvalue weighted by Crippen LogP contribution is 2.51. The van der Waals surface area contributed by atoms with Crippen LogP contribution >= 0.6 is 15.9 Å². The van der Waals surface area contributed by atoms with Crippen LogP contribution in [0.5, 0.6) is 5.75 Å². The Morgan fingerprint density at radius 3 is 2.28 bits per heavy atom. The van der Waals surface area contributed by atoms with Gasteiger partial charge in [0.2, 0.25) is 0 Å². The highest BCUT2D eigenvalue weighted by atomic mass is 79.9.